The second-order valence-corrected chi connectivity index (χ2v) is 4.23. The van der Waals surface area contributed by atoms with Crippen LogP contribution in [0.15, 0.2) is 29.6 Å². The molecule has 2 rings (SSSR count). The fraction of sp³-hybridized carbons (Fsp3) is 0.182. The third-order valence-electron chi connectivity index (χ3n) is 2.21. The van der Waals surface area contributed by atoms with E-state index in [9.17, 15) is 10.1 Å². The van der Waals surface area contributed by atoms with Crippen molar-refractivity contribution in [3.05, 3.63) is 39.8 Å². The molecule has 2 aromatic rings. The number of nitrogens with one attached hydrogen (secondary N) is 1. The number of aromatic nitrogens is 1. The molecule has 1 N–H and O–H groups in total. The number of hydrogen-bond acceptors (Lipinski definition) is 5. The Balaban J connectivity index is 2.23. The third-order valence-corrected chi connectivity index (χ3v) is 3.01. The Hall–Kier alpha value is -1.95. The molecule has 0 spiro atoms. The molecule has 5 nitrogen and oxygen atoms in total. The van der Waals surface area contributed by atoms with Gasteiger partial charge in [-0.3, -0.25) is 10.1 Å². The Labute approximate surface area is 102 Å². The van der Waals surface area contributed by atoms with Crippen molar-refractivity contribution in [2.24, 2.45) is 0 Å². The highest BCUT2D eigenvalue weighted by molar-refractivity contribution is 7.14. The molecule has 0 aliphatic carbocycles. The summed E-state index contributed by atoms with van der Waals surface area (Å²) in [5.41, 5.74) is 1.81. The van der Waals surface area contributed by atoms with Crippen molar-refractivity contribution in [2.45, 2.75) is 6.92 Å². The van der Waals surface area contributed by atoms with Crippen LogP contribution in [0.25, 0.3) is 11.3 Å². The number of non-ortho nitro benzene ring substituents is 1. The van der Waals surface area contributed by atoms with Gasteiger partial charge in [0.1, 0.15) is 0 Å². The monoisotopic (exact) mass is 249 g/mol. The first-order chi connectivity index (χ1) is 8.20. The number of nitro benzene ring substituents is 1. The Bertz CT molecular complexity index is 522. The van der Waals surface area contributed by atoms with Gasteiger partial charge in [0, 0.05) is 29.6 Å². The molecule has 6 heteroatoms. The highest BCUT2D eigenvalue weighted by Crippen LogP contribution is 2.26. The Morgan fingerprint density at radius 2 is 2.12 bits per heavy atom. The lowest BCUT2D eigenvalue weighted by Crippen LogP contribution is -1.95. The summed E-state index contributed by atoms with van der Waals surface area (Å²) in [7, 11) is 0. The van der Waals surface area contributed by atoms with Crippen molar-refractivity contribution in [1.29, 1.82) is 0 Å². The SMILES string of the molecule is CCNc1nc(-c2ccc([N+](=O)[O-])cc2)cs1. The summed E-state index contributed by atoms with van der Waals surface area (Å²) in [6.07, 6.45) is 0. The molecule has 1 heterocycles. The van der Waals surface area contributed by atoms with Crippen LogP contribution in [-0.4, -0.2) is 16.5 Å². The lowest BCUT2D eigenvalue weighted by molar-refractivity contribution is -0.384. The standard InChI is InChI=1S/C11H11N3O2S/c1-2-12-11-13-10(7-17-11)8-3-5-9(6-4-8)14(15)16/h3-7H,2H2,1H3,(H,12,13). The summed E-state index contributed by atoms with van der Waals surface area (Å²) in [5, 5.41) is 16.4. The van der Waals surface area contributed by atoms with Crippen molar-refractivity contribution in [1.82, 2.24) is 4.98 Å². The van der Waals surface area contributed by atoms with Crippen LogP contribution < -0.4 is 5.32 Å². The van der Waals surface area contributed by atoms with Gasteiger partial charge in [0.2, 0.25) is 0 Å². The molecular weight excluding hydrogens is 238 g/mol. The van der Waals surface area contributed by atoms with Crippen LogP contribution >= 0.6 is 11.3 Å². The first-order valence-corrected chi connectivity index (χ1v) is 6.03. The Morgan fingerprint density at radius 1 is 1.41 bits per heavy atom. The van der Waals surface area contributed by atoms with E-state index < -0.39 is 4.92 Å². The summed E-state index contributed by atoms with van der Waals surface area (Å²) in [5.74, 6) is 0. The van der Waals surface area contributed by atoms with Gasteiger partial charge in [-0.2, -0.15) is 0 Å². The number of anilines is 1. The molecule has 0 unspecified atom stereocenters. The topological polar surface area (TPSA) is 68.1 Å². The Morgan fingerprint density at radius 3 is 2.71 bits per heavy atom. The maximum Gasteiger partial charge on any atom is 0.269 e. The number of hydrogen-bond donors (Lipinski definition) is 1. The van der Waals surface area contributed by atoms with E-state index in [1.807, 2.05) is 12.3 Å². The van der Waals surface area contributed by atoms with Gasteiger partial charge in [0.05, 0.1) is 10.6 Å². The molecule has 0 aliphatic heterocycles. The van der Waals surface area contributed by atoms with Crippen LogP contribution in [0.2, 0.25) is 0 Å². The number of nitrogens with zero attached hydrogens (tertiary/aromatic N) is 2. The quantitative estimate of drug-likeness (QED) is 0.667. The zero-order valence-corrected chi connectivity index (χ0v) is 10.0. The van der Waals surface area contributed by atoms with Crippen LogP contribution in [0.3, 0.4) is 0 Å². The van der Waals surface area contributed by atoms with Crippen LogP contribution in [-0.2, 0) is 0 Å². The van der Waals surface area contributed by atoms with E-state index in [4.69, 9.17) is 0 Å². The molecule has 0 aliphatic rings. The predicted molar refractivity (Wildman–Crippen MR) is 68.4 cm³/mol. The molecule has 1 aromatic heterocycles. The van der Waals surface area contributed by atoms with Gasteiger partial charge in [-0.25, -0.2) is 4.98 Å². The van der Waals surface area contributed by atoms with E-state index in [-0.39, 0.29) is 5.69 Å². The van der Waals surface area contributed by atoms with E-state index in [1.165, 1.54) is 23.5 Å². The molecule has 0 bridgehead atoms. The minimum absolute atomic E-state index is 0.0934. The third kappa shape index (κ3) is 2.59. The highest BCUT2D eigenvalue weighted by Gasteiger charge is 2.07. The van der Waals surface area contributed by atoms with Gasteiger partial charge in [-0.1, -0.05) is 0 Å². The largest absolute Gasteiger partial charge is 0.362 e. The molecule has 0 radical (unpaired) electrons. The molecule has 1 aromatic carbocycles. The molecular formula is C11H11N3O2S. The molecule has 88 valence electrons. The molecule has 0 saturated carbocycles. The average molecular weight is 249 g/mol. The minimum Gasteiger partial charge on any atom is -0.362 e. The Kier molecular flexibility index (Phi) is 3.34. The van der Waals surface area contributed by atoms with Crippen LogP contribution in [0.5, 0.6) is 0 Å². The smallest absolute Gasteiger partial charge is 0.269 e. The van der Waals surface area contributed by atoms with Gasteiger partial charge in [0.25, 0.3) is 5.69 Å². The van der Waals surface area contributed by atoms with Crippen molar-refractivity contribution < 1.29 is 4.92 Å². The summed E-state index contributed by atoms with van der Waals surface area (Å²) < 4.78 is 0. The van der Waals surface area contributed by atoms with Crippen LogP contribution in [0.1, 0.15) is 6.92 Å². The second-order valence-electron chi connectivity index (χ2n) is 3.37. The molecule has 0 fully saturated rings. The summed E-state index contributed by atoms with van der Waals surface area (Å²) >= 11 is 1.52. The van der Waals surface area contributed by atoms with Gasteiger partial charge in [0.15, 0.2) is 5.13 Å². The number of benzene rings is 1. The van der Waals surface area contributed by atoms with Crippen molar-refractivity contribution >= 4 is 22.2 Å². The zero-order valence-electron chi connectivity index (χ0n) is 9.21. The number of thiazole rings is 1. The van der Waals surface area contributed by atoms with Crippen molar-refractivity contribution in [3.8, 4) is 11.3 Å². The fourth-order valence-corrected chi connectivity index (χ4v) is 2.18. The summed E-state index contributed by atoms with van der Waals surface area (Å²) in [6, 6.07) is 6.40. The van der Waals surface area contributed by atoms with E-state index in [0.29, 0.717) is 0 Å². The summed E-state index contributed by atoms with van der Waals surface area (Å²) in [6.45, 7) is 2.83. The molecule has 0 atom stereocenters. The predicted octanol–water partition coefficient (Wildman–Crippen LogP) is 3.15. The van der Waals surface area contributed by atoms with E-state index in [0.717, 1.165) is 22.9 Å². The van der Waals surface area contributed by atoms with E-state index in [1.54, 1.807) is 12.1 Å². The van der Waals surface area contributed by atoms with Gasteiger partial charge in [-0.15, -0.1) is 11.3 Å². The molecule has 17 heavy (non-hydrogen) atoms. The van der Waals surface area contributed by atoms with Gasteiger partial charge < -0.3 is 5.32 Å². The minimum atomic E-state index is -0.408. The van der Waals surface area contributed by atoms with E-state index >= 15 is 0 Å². The maximum absolute atomic E-state index is 10.5. The zero-order chi connectivity index (χ0) is 12.3. The van der Waals surface area contributed by atoms with Crippen molar-refractivity contribution in [2.75, 3.05) is 11.9 Å². The van der Waals surface area contributed by atoms with Gasteiger partial charge >= 0.3 is 0 Å². The van der Waals surface area contributed by atoms with Crippen LogP contribution in [0, 0.1) is 10.1 Å². The highest BCUT2D eigenvalue weighted by atomic mass is 32.1. The number of nitro groups is 1. The fourth-order valence-electron chi connectivity index (χ4n) is 1.39. The first kappa shape index (κ1) is 11.5. The lowest BCUT2D eigenvalue weighted by Gasteiger charge is -1.97. The molecule has 0 saturated heterocycles. The average Bonchev–Trinajstić information content (AvgIpc) is 2.78. The summed E-state index contributed by atoms with van der Waals surface area (Å²) in [4.78, 5) is 14.5. The maximum atomic E-state index is 10.5. The molecule has 0 amide bonds. The number of rotatable bonds is 4. The van der Waals surface area contributed by atoms with Gasteiger partial charge in [-0.05, 0) is 19.1 Å². The second kappa shape index (κ2) is 4.92. The normalized spacial score (nSPS) is 10.2. The van der Waals surface area contributed by atoms with E-state index in [2.05, 4.69) is 10.3 Å². The lowest BCUT2D eigenvalue weighted by atomic mass is 10.1. The van der Waals surface area contributed by atoms with Crippen LogP contribution in [0.4, 0.5) is 10.8 Å². The van der Waals surface area contributed by atoms with Crippen molar-refractivity contribution in [3.63, 3.8) is 0 Å². The first-order valence-electron chi connectivity index (χ1n) is 5.15.